The summed E-state index contributed by atoms with van der Waals surface area (Å²) in [5, 5.41) is 0. The lowest BCUT2D eigenvalue weighted by Crippen LogP contribution is -2.48. The van der Waals surface area contributed by atoms with Crippen LogP contribution >= 0.6 is 0 Å². The molecule has 2 aromatic carbocycles. The average molecular weight is 523 g/mol. The number of allylic oxidation sites excluding steroid dienone is 1. The molecule has 200 valence electrons. The Morgan fingerprint density at radius 2 is 1.67 bits per heavy atom. The molecule has 0 N–H and O–H groups in total. The van der Waals surface area contributed by atoms with E-state index in [1.807, 2.05) is 67.3 Å². The van der Waals surface area contributed by atoms with E-state index in [1.165, 1.54) is 12.1 Å². The molecule has 5 nitrogen and oxygen atoms in total. The Balaban J connectivity index is 0.000000210. The molecular weight excluding hydrogens is 487 g/mol. The summed E-state index contributed by atoms with van der Waals surface area (Å²) in [6.07, 6.45) is 7.58. The molecule has 0 radical (unpaired) electrons. The number of halogens is 1. The highest BCUT2D eigenvalue weighted by Crippen LogP contribution is 2.12. The lowest BCUT2D eigenvalue weighted by atomic mass is 10.1. The minimum absolute atomic E-state index is 0.251. The fraction of sp³-hybridized carbons (Fsp3) is 0.242. The quantitative estimate of drug-likeness (QED) is 0.331. The molecule has 1 aromatic heterocycles. The Hall–Kier alpha value is -4.68. The zero-order valence-electron chi connectivity index (χ0n) is 22.9. The zero-order chi connectivity index (χ0) is 28.5. The van der Waals surface area contributed by atoms with Gasteiger partial charge in [0.15, 0.2) is 0 Å². The molecule has 1 amide bonds. The predicted molar refractivity (Wildman–Crippen MR) is 159 cm³/mol. The number of hydrogen-bond acceptors (Lipinski definition) is 4. The normalized spacial score (nSPS) is 12.3. The molecular formula is C33H35FN4O. The number of terminal acetylenes is 1. The van der Waals surface area contributed by atoms with E-state index in [-0.39, 0.29) is 11.7 Å². The number of pyridine rings is 1. The molecule has 39 heavy (non-hydrogen) atoms. The summed E-state index contributed by atoms with van der Waals surface area (Å²) >= 11 is 0. The second-order valence-corrected chi connectivity index (χ2v) is 8.53. The number of rotatable bonds is 3. The minimum atomic E-state index is -0.272. The van der Waals surface area contributed by atoms with E-state index in [4.69, 9.17) is 6.42 Å². The molecule has 6 heteroatoms. The van der Waals surface area contributed by atoms with Crippen molar-refractivity contribution in [2.75, 3.05) is 38.1 Å². The highest BCUT2D eigenvalue weighted by Gasteiger charge is 2.20. The molecule has 0 atom stereocenters. The molecule has 0 saturated carbocycles. The summed E-state index contributed by atoms with van der Waals surface area (Å²) in [6.45, 7) is 10.9. The zero-order valence-corrected chi connectivity index (χ0v) is 22.9. The van der Waals surface area contributed by atoms with Crippen molar-refractivity contribution in [3.8, 4) is 24.2 Å². The minimum Gasteiger partial charge on any atom is -0.353 e. The van der Waals surface area contributed by atoms with Gasteiger partial charge >= 0.3 is 0 Å². The number of piperazine rings is 1. The van der Waals surface area contributed by atoms with Gasteiger partial charge in [0, 0.05) is 57.0 Å². The van der Waals surface area contributed by atoms with E-state index in [9.17, 15) is 9.18 Å². The van der Waals surface area contributed by atoms with Gasteiger partial charge in [-0.1, -0.05) is 55.5 Å². The summed E-state index contributed by atoms with van der Waals surface area (Å²) in [6, 6.07) is 21.7. The topological polar surface area (TPSA) is 48.8 Å². The number of hydrogen-bond donors (Lipinski definition) is 0. The lowest BCUT2D eigenvalue weighted by molar-refractivity contribution is -0.131. The van der Waals surface area contributed by atoms with Gasteiger partial charge in [0.2, 0.25) is 5.91 Å². The summed E-state index contributed by atoms with van der Waals surface area (Å²) in [4.78, 5) is 23.8. The van der Waals surface area contributed by atoms with Crippen LogP contribution in [0.1, 0.15) is 31.4 Å². The molecule has 2 heterocycles. The van der Waals surface area contributed by atoms with Gasteiger partial charge in [-0.05, 0) is 61.0 Å². The van der Waals surface area contributed by atoms with Gasteiger partial charge in [-0.3, -0.25) is 9.79 Å². The Kier molecular flexibility index (Phi) is 13.3. The van der Waals surface area contributed by atoms with Gasteiger partial charge < -0.3 is 9.80 Å². The Bertz CT molecular complexity index is 1310. The van der Waals surface area contributed by atoms with Gasteiger partial charge in [-0.25, -0.2) is 9.37 Å². The summed E-state index contributed by atoms with van der Waals surface area (Å²) in [5.74, 6) is 9.31. The number of carbonyl (C=O) groups excluding carboxylic acids is 1. The SMILES string of the molecule is C#CC(=NC)c1ccc(F)cc1.C=C(C)C#Cc1ccccc1.CCC(=O)N1CCN(c2ccccn2)CC1. The van der Waals surface area contributed by atoms with Gasteiger partial charge in [0.25, 0.3) is 0 Å². The number of amides is 1. The van der Waals surface area contributed by atoms with Gasteiger partial charge in [-0.2, -0.15) is 0 Å². The molecule has 0 bridgehead atoms. The van der Waals surface area contributed by atoms with Crippen molar-refractivity contribution < 1.29 is 9.18 Å². The first-order valence-corrected chi connectivity index (χ1v) is 12.7. The van der Waals surface area contributed by atoms with Crippen LogP contribution < -0.4 is 4.90 Å². The molecule has 0 spiro atoms. The number of benzene rings is 2. The van der Waals surface area contributed by atoms with Crippen LogP contribution in [0.3, 0.4) is 0 Å². The van der Waals surface area contributed by atoms with Crippen LogP contribution in [0.4, 0.5) is 10.2 Å². The lowest BCUT2D eigenvalue weighted by Gasteiger charge is -2.35. The van der Waals surface area contributed by atoms with Crippen LogP contribution in [0.25, 0.3) is 0 Å². The van der Waals surface area contributed by atoms with Crippen LogP contribution in [0.2, 0.25) is 0 Å². The van der Waals surface area contributed by atoms with Gasteiger partial charge in [0.05, 0.1) is 0 Å². The van der Waals surface area contributed by atoms with Crippen LogP contribution in [0.5, 0.6) is 0 Å². The number of carbonyl (C=O) groups is 1. The van der Waals surface area contributed by atoms with Crippen LogP contribution in [-0.4, -0.2) is 54.7 Å². The molecule has 0 aliphatic carbocycles. The highest BCUT2D eigenvalue weighted by atomic mass is 19.1. The van der Waals surface area contributed by atoms with E-state index in [2.05, 4.69) is 39.2 Å². The maximum absolute atomic E-state index is 12.5. The number of anilines is 1. The van der Waals surface area contributed by atoms with Crippen molar-refractivity contribution in [1.82, 2.24) is 9.88 Å². The molecule has 1 aliphatic heterocycles. The third kappa shape index (κ3) is 11.1. The van der Waals surface area contributed by atoms with E-state index >= 15 is 0 Å². The first-order chi connectivity index (χ1) is 18.9. The fourth-order valence-corrected chi connectivity index (χ4v) is 3.53. The van der Waals surface area contributed by atoms with Crippen LogP contribution in [0.15, 0.2) is 96.1 Å². The Morgan fingerprint density at radius 1 is 1.03 bits per heavy atom. The summed E-state index contributed by atoms with van der Waals surface area (Å²) < 4.78 is 12.5. The van der Waals surface area contributed by atoms with Gasteiger partial charge in [0.1, 0.15) is 17.3 Å². The van der Waals surface area contributed by atoms with E-state index < -0.39 is 0 Å². The average Bonchev–Trinajstić information content (AvgIpc) is 2.99. The fourth-order valence-electron chi connectivity index (χ4n) is 3.53. The highest BCUT2D eigenvalue weighted by molar-refractivity contribution is 6.12. The summed E-state index contributed by atoms with van der Waals surface area (Å²) in [5.41, 5.74) is 3.24. The van der Waals surface area contributed by atoms with E-state index in [0.29, 0.717) is 12.1 Å². The molecule has 3 aromatic rings. The van der Waals surface area contributed by atoms with E-state index in [1.54, 1.807) is 25.4 Å². The molecule has 1 fully saturated rings. The standard InChI is InChI=1S/C12H17N3O.C11H10.C10H8FN/c1-2-12(16)15-9-7-14(8-10-15)11-5-3-4-6-13-11;1-10(2)8-9-11-6-4-3-5-7-11;1-3-10(12-2)8-4-6-9(11)7-5-8/h3-6H,2,7-10H2,1H3;3-7H,1H2,2H3;1,4-7H,2H3. The van der Waals surface area contributed by atoms with Crippen LogP contribution in [-0.2, 0) is 4.79 Å². The number of aromatic nitrogens is 1. The Morgan fingerprint density at radius 3 is 2.18 bits per heavy atom. The monoisotopic (exact) mass is 522 g/mol. The van der Waals surface area contributed by atoms with Crippen molar-refractivity contribution in [3.05, 3.63) is 108 Å². The first kappa shape index (κ1) is 30.5. The molecule has 0 unspecified atom stereocenters. The third-order valence-corrected chi connectivity index (χ3v) is 5.58. The second kappa shape index (κ2) is 16.9. The van der Waals surface area contributed by atoms with Crippen molar-refractivity contribution in [1.29, 1.82) is 0 Å². The van der Waals surface area contributed by atoms with E-state index in [0.717, 1.165) is 48.7 Å². The third-order valence-electron chi connectivity index (χ3n) is 5.58. The first-order valence-electron chi connectivity index (χ1n) is 12.7. The Labute approximate surface area is 232 Å². The van der Waals surface area contributed by atoms with Crippen molar-refractivity contribution >= 4 is 17.4 Å². The maximum atomic E-state index is 12.5. The van der Waals surface area contributed by atoms with Crippen molar-refractivity contribution in [3.63, 3.8) is 0 Å². The van der Waals surface area contributed by atoms with Crippen molar-refractivity contribution in [2.45, 2.75) is 20.3 Å². The smallest absolute Gasteiger partial charge is 0.222 e. The maximum Gasteiger partial charge on any atom is 0.222 e. The van der Waals surface area contributed by atoms with Crippen molar-refractivity contribution in [2.24, 2.45) is 4.99 Å². The van der Waals surface area contributed by atoms with Crippen LogP contribution in [0, 0.1) is 30.0 Å². The number of aliphatic imine (C=N–C) groups is 1. The molecule has 1 saturated heterocycles. The largest absolute Gasteiger partial charge is 0.353 e. The summed E-state index contributed by atoms with van der Waals surface area (Å²) in [7, 11) is 1.61. The van der Waals surface area contributed by atoms with Gasteiger partial charge in [-0.15, -0.1) is 6.42 Å². The molecule has 1 aliphatic rings. The second-order valence-electron chi connectivity index (χ2n) is 8.53. The predicted octanol–water partition coefficient (Wildman–Crippen LogP) is 5.63. The molecule has 4 rings (SSSR count). The number of nitrogens with zero attached hydrogens (tertiary/aromatic N) is 4.